The molecule has 1 rings (SSSR count). The molecule has 5 N–H and O–H groups in total. The highest BCUT2D eigenvalue weighted by Gasteiger charge is 2.17. The van der Waals surface area contributed by atoms with Gasteiger partial charge in [-0.25, -0.2) is 0 Å². The normalized spacial score (nSPS) is 12.1. The van der Waals surface area contributed by atoms with Crippen molar-refractivity contribution in [3.05, 3.63) is 35.2 Å². The number of ether oxygens (including phenoxy) is 2. The van der Waals surface area contributed by atoms with E-state index in [0.717, 1.165) is 18.4 Å². The summed E-state index contributed by atoms with van der Waals surface area (Å²) >= 11 is 0. The number of rotatable bonds is 12. The van der Waals surface area contributed by atoms with Gasteiger partial charge in [0.1, 0.15) is 30.4 Å². The molecule has 0 atom stereocenters. The number of hydrogen-bond acceptors (Lipinski definition) is 8. The minimum absolute atomic E-state index is 0.101. The van der Waals surface area contributed by atoms with Gasteiger partial charge in [-0.3, -0.25) is 9.79 Å². The van der Waals surface area contributed by atoms with Gasteiger partial charge < -0.3 is 31.2 Å². The van der Waals surface area contributed by atoms with E-state index in [-0.39, 0.29) is 19.1 Å². The minimum atomic E-state index is -0.264. The van der Waals surface area contributed by atoms with Gasteiger partial charge in [-0.1, -0.05) is 13.3 Å². The van der Waals surface area contributed by atoms with Gasteiger partial charge in [0.05, 0.1) is 5.70 Å². The fraction of sp³-hybridized carbons (Fsp3) is 0.450. The Morgan fingerprint density at radius 2 is 1.93 bits per heavy atom. The lowest BCUT2D eigenvalue weighted by Crippen LogP contribution is -2.20. The number of nitrogens with zero attached hydrogens (tertiary/aromatic N) is 3. The maximum atomic E-state index is 12.3. The molecule has 0 unspecified atom stereocenters. The Hall–Kier alpha value is -3.17. The third-order valence-corrected chi connectivity index (χ3v) is 4.02. The van der Waals surface area contributed by atoms with Gasteiger partial charge >= 0.3 is 0 Å². The highest BCUT2D eigenvalue weighted by molar-refractivity contribution is 6.31. The molecule has 0 spiro atoms. The van der Waals surface area contributed by atoms with Gasteiger partial charge in [0.15, 0.2) is 0 Å². The summed E-state index contributed by atoms with van der Waals surface area (Å²) in [6.45, 7) is 2.30. The first-order valence-electron chi connectivity index (χ1n) is 9.63. The van der Waals surface area contributed by atoms with E-state index in [0.29, 0.717) is 34.9 Å². The lowest BCUT2D eigenvalue weighted by Gasteiger charge is -2.18. The van der Waals surface area contributed by atoms with Gasteiger partial charge in [-0.2, -0.15) is 5.10 Å². The van der Waals surface area contributed by atoms with Crippen LogP contribution in [0.4, 0.5) is 0 Å². The molecule has 0 aliphatic heterocycles. The molecular weight excluding hydrogens is 383 g/mol. The topological polar surface area (TPSA) is 128 Å². The lowest BCUT2D eigenvalue weighted by molar-refractivity contribution is 0.0962. The van der Waals surface area contributed by atoms with E-state index in [1.54, 1.807) is 39.5 Å². The first-order chi connectivity index (χ1) is 14.4. The Morgan fingerprint density at radius 1 is 1.30 bits per heavy atom. The molecule has 0 aromatic heterocycles. The van der Waals surface area contributed by atoms with Crippen LogP contribution in [0, 0.1) is 0 Å². The molecule has 0 aliphatic rings. The molecule has 0 bridgehead atoms. The van der Waals surface area contributed by atoms with Crippen LogP contribution in [-0.4, -0.2) is 65.0 Å². The van der Waals surface area contributed by atoms with E-state index < -0.39 is 0 Å². The molecule has 1 amide bonds. The summed E-state index contributed by atoms with van der Waals surface area (Å²) in [5, 5.41) is 6.27. The number of nitrogens with two attached hydrogens (primary N) is 2. The van der Waals surface area contributed by atoms with Crippen molar-refractivity contribution in [3.8, 4) is 11.5 Å². The first kappa shape index (κ1) is 24.9. The second-order valence-electron chi connectivity index (χ2n) is 6.59. The molecule has 0 fully saturated rings. The Labute approximate surface area is 179 Å². The zero-order chi connectivity index (χ0) is 22.5. The second-order valence-corrected chi connectivity index (χ2v) is 6.59. The van der Waals surface area contributed by atoms with Crippen LogP contribution in [0.5, 0.6) is 11.5 Å². The Balaban J connectivity index is 3.34. The molecule has 1 aromatic rings. The lowest BCUT2D eigenvalue weighted by atomic mass is 10.0. The molecule has 0 aliphatic carbocycles. The Morgan fingerprint density at radius 3 is 2.43 bits per heavy atom. The van der Waals surface area contributed by atoms with Crippen molar-refractivity contribution >= 4 is 25.8 Å². The second kappa shape index (κ2) is 13.1. The highest BCUT2D eigenvalue weighted by atomic mass is 16.5. The first-order valence-corrected chi connectivity index (χ1v) is 9.63. The predicted octanol–water partition coefficient (Wildman–Crippen LogP) is 0.977. The molecule has 162 valence electrons. The largest absolute Gasteiger partial charge is 0.487 e. The number of hydrazone groups is 1. The van der Waals surface area contributed by atoms with Crippen LogP contribution in [0.1, 0.15) is 35.7 Å². The summed E-state index contributed by atoms with van der Waals surface area (Å²) in [6, 6.07) is 3.36. The molecule has 0 saturated carbocycles. The number of amides is 1. The van der Waals surface area contributed by atoms with Crippen LogP contribution < -0.4 is 26.4 Å². The van der Waals surface area contributed by atoms with Crippen molar-refractivity contribution in [2.24, 2.45) is 21.7 Å². The molecule has 1 aromatic carbocycles. The van der Waals surface area contributed by atoms with Crippen molar-refractivity contribution in [2.45, 2.75) is 26.2 Å². The fourth-order valence-corrected chi connectivity index (χ4v) is 2.62. The minimum Gasteiger partial charge on any atom is -0.487 e. The molecular formula is C20H31BN6O3. The Kier molecular flexibility index (Phi) is 10.9. The summed E-state index contributed by atoms with van der Waals surface area (Å²) < 4.78 is 11.9. The number of nitrogens with one attached hydrogen (secondary N) is 1. The molecule has 0 heterocycles. The van der Waals surface area contributed by atoms with Crippen LogP contribution in [0.3, 0.4) is 0 Å². The molecule has 0 saturated heterocycles. The van der Waals surface area contributed by atoms with Crippen LogP contribution in [0.2, 0.25) is 0 Å². The summed E-state index contributed by atoms with van der Waals surface area (Å²) in [6.07, 6.45) is 5.66. The number of carbonyl (C=O) groups is 1. The smallest absolute Gasteiger partial charge is 0.251 e. The van der Waals surface area contributed by atoms with Crippen molar-refractivity contribution in [3.63, 3.8) is 0 Å². The summed E-state index contributed by atoms with van der Waals surface area (Å²) in [5.74, 6) is 6.16. The molecule has 30 heavy (non-hydrogen) atoms. The number of hydrogen-bond donors (Lipinski definition) is 3. The standard InChI is InChI=1S/C20H31BN6O3/c1-5-6-7-17-18(29-12-15(22)11-27(4)21)8-14(20(28)25-3)9-19(17)30-13-16(26-23)10-24-2/h8-11H,5-7,12-13,22-23H2,1-4H3,(H,25,28)/b15-11-,24-10?,26-16?. The molecule has 10 heteroatoms. The SMILES string of the molecule is [B]N(C)/C=C(\N)COc1cc(C(=O)NC)cc(OCC(C=NC)=NN)c1CCCC. The zero-order valence-electron chi connectivity index (χ0n) is 18.1. The van der Waals surface area contributed by atoms with Gasteiger partial charge in [0, 0.05) is 37.6 Å². The summed E-state index contributed by atoms with van der Waals surface area (Å²) in [5.41, 5.74) is 8.08. The Bertz CT molecular complexity index is 793. The summed E-state index contributed by atoms with van der Waals surface area (Å²) in [7, 11) is 10.4. The number of unbranched alkanes of at least 4 members (excludes halogenated alkanes) is 1. The quantitative estimate of drug-likeness (QED) is 0.203. The van der Waals surface area contributed by atoms with Gasteiger partial charge in [0.2, 0.25) is 7.98 Å². The maximum Gasteiger partial charge on any atom is 0.251 e. The maximum absolute atomic E-state index is 12.3. The number of aliphatic imine (C=N–C) groups is 1. The van der Waals surface area contributed by atoms with Crippen LogP contribution in [-0.2, 0) is 6.42 Å². The van der Waals surface area contributed by atoms with Crippen molar-refractivity contribution in [1.82, 2.24) is 10.1 Å². The van der Waals surface area contributed by atoms with Crippen molar-refractivity contribution in [1.29, 1.82) is 0 Å². The fourth-order valence-electron chi connectivity index (χ4n) is 2.62. The third-order valence-electron chi connectivity index (χ3n) is 4.02. The van der Waals surface area contributed by atoms with Crippen LogP contribution >= 0.6 is 0 Å². The van der Waals surface area contributed by atoms with Crippen molar-refractivity contribution in [2.75, 3.05) is 34.4 Å². The monoisotopic (exact) mass is 414 g/mol. The summed E-state index contributed by atoms with van der Waals surface area (Å²) in [4.78, 5) is 17.5. The van der Waals surface area contributed by atoms with E-state index in [1.807, 2.05) is 0 Å². The highest BCUT2D eigenvalue weighted by Crippen LogP contribution is 2.33. The third kappa shape index (κ3) is 8.06. The van der Waals surface area contributed by atoms with E-state index in [1.165, 1.54) is 11.0 Å². The van der Waals surface area contributed by atoms with Gasteiger partial charge in [-0.05, 0) is 32.0 Å². The van der Waals surface area contributed by atoms with Crippen LogP contribution in [0.15, 0.2) is 34.1 Å². The molecule has 2 radical (unpaired) electrons. The van der Waals surface area contributed by atoms with E-state index in [9.17, 15) is 4.79 Å². The van der Waals surface area contributed by atoms with Gasteiger partial charge in [-0.15, -0.1) is 0 Å². The number of carbonyl (C=O) groups excluding carboxylic acids is 1. The van der Waals surface area contributed by atoms with Crippen molar-refractivity contribution < 1.29 is 14.3 Å². The van der Waals surface area contributed by atoms with E-state index in [4.69, 9.17) is 29.0 Å². The zero-order valence-corrected chi connectivity index (χ0v) is 18.1. The average Bonchev–Trinajstić information content (AvgIpc) is 2.72. The van der Waals surface area contributed by atoms with E-state index in [2.05, 4.69) is 22.3 Å². The van der Waals surface area contributed by atoms with E-state index >= 15 is 0 Å². The van der Waals surface area contributed by atoms with Crippen LogP contribution in [0.25, 0.3) is 0 Å². The predicted molar refractivity (Wildman–Crippen MR) is 121 cm³/mol. The average molecular weight is 414 g/mol. The molecule has 9 nitrogen and oxygen atoms in total. The van der Waals surface area contributed by atoms with Gasteiger partial charge in [0.25, 0.3) is 5.91 Å². The number of benzene rings is 1.